The predicted octanol–water partition coefficient (Wildman–Crippen LogP) is 2.32. The summed E-state index contributed by atoms with van der Waals surface area (Å²) in [6, 6.07) is 4.54. The molecule has 1 N–H and O–H groups in total. The van der Waals surface area contributed by atoms with E-state index in [0.717, 1.165) is 31.2 Å². The zero-order valence-electron chi connectivity index (χ0n) is 9.91. The summed E-state index contributed by atoms with van der Waals surface area (Å²) in [5, 5.41) is 8.62. The lowest BCUT2D eigenvalue weighted by molar-refractivity contribution is 0.0595. The van der Waals surface area contributed by atoms with Crippen LogP contribution in [0.4, 0.5) is 4.39 Å². The molecule has 0 aliphatic carbocycles. The molecule has 0 radical (unpaired) electrons. The number of hydrogen-bond donors (Lipinski definition) is 1. The predicted molar refractivity (Wildman–Crippen MR) is 62.4 cm³/mol. The van der Waals surface area contributed by atoms with Crippen LogP contribution in [-0.2, 0) is 11.2 Å². The van der Waals surface area contributed by atoms with Crippen LogP contribution in [0, 0.1) is 5.82 Å². The molecule has 0 saturated carbocycles. The van der Waals surface area contributed by atoms with Crippen LogP contribution in [0.3, 0.4) is 0 Å². The highest BCUT2D eigenvalue weighted by atomic mass is 19.1. The minimum Gasteiger partial charge on any atom is -0.465 e. The summed E-state index contributed by atoms with van der Waals surface area (Å²) in [6.45, 7) is 0.190. The molecule has 17 heavy (non-hydrogen) atoms. The number of rotatable bonds is 6. The van der Waals surface area contributed by atoms with E-state index in [1.54, 1.807) is 6.07 Å². The third kappa shape index (κ3) is 4.15. The summed E-state index contributed by atoms with van der Waals surface area (Å²) in [7, 11) is 1.23. The smallest absolute Gasteiger partial charge is 0.340 e. The van der Waals surface area contributed by atoms with E-state index in [2.05, 4.69) is 4.74 Å². The molecule has 0 amide bonds. The van der Waals surface area contributed by atoms with Crippen LogP contribution in [0.2, 0.25) is 0 Å². The van der Waals surface area contributed by atoms with Gasteiger partial charge in [0, 0.05) is 6.61 Å². The normalized spacial score (nSPS) is 10.3. The first kappa shape index (κ1) is 13.6. The maximum absolute atomic E-state index is 13.5. The fourth-order valence-corrected chi connectivity index (χ4v) is 1.61. The van der Waals surface area contributed by atoms with E-state index in [-0.39, 0.29) is 12.2 Å². The Morgan fingerprint density at radius 3 is 2.71 bits per heavy atom. The van der Waals surface area contributed by atoms with Crippen molar-refractivity contribution >= 4 is 5.97 Å². The van der Waals surface area contributed by atoms with Crippen molar-refractivity contribution in [3.63, 3.8) is 0 Å². The van der Waals surface area contributed by atoms with Gasteiger partial charge in [-0.3, -0.25) is 0 Å². The van der Waals surface area contributed by atoms with Crippen molar-refractivity contribution in [2.24, 2.45) is 0 Å². The molecule has 0 saturated heterocycles. The van der Waals surface area contributed by atoms with Gasteiger partial charge in [-0.1, -0.05) is 12.5 Å². The summed E-state index contributed by atoms with van der Waals surface area (Å²) >= 11 is 0. The summed E-state index contributed by atoms with van der Waals surface area (Å²) in [5.41, 5.74) is 0.819. The van der Waals surface area contributed by atoms with Crippen LogP contribution in [0.5, 0.6) is 0 Å². The van der Waals surface area contributed by atoms with Crippen molar-refractivity contribution < 1.29 is 19.0 Å². The Hall–Kier alpha value is -1.42. The lowest BCUT2D eigenvalue weighted by Gasteiger charge is -2.04. The molecule has 94 valence electrons. The maximum atomic E-state index is 13.5. The highest BCUT2D eigenvalue weighted by Gasteiger charge is 2.11. The average molecular weight is 240 g/mol. The summed E-state index contributed by atoms with van der Waals surface area (Å²) in [5.74, 6) is -1.20. The van der Waals surface area contributed by atoms with E-state index >= 15 is 0 Å². The van der Waals surface area contributed by atoms with E-state index in [9.17, 15) is 9.18 Å². The topological polar surface area (TPSA) is 46.5 Å². The third-order valence-corrected chi connectivity index (χ3v) is 2.56. The van der Waals surface area contributed by atoms with Gasteiger partial charge in [0.15, 0.2) is 0 Å². The molecule has 0 unspecified atom stereocenters. The first-order chi connectivity index (χ1) is 8.19. The molecule has 1 aromatic rings. The molecular weight excluding hydrogens is 223 g/mol. The van der Waals surface area contributed by atoms with E-state index < -0.39 is 11.8 Å². The second kappa shape index (κ2) is 7.01. The van der Waals surface area contributed by atoms with Crippen molar-refractivity contribution in [3.05, 3.63) is 35.1 Å². The number of benzene rings is 1. The van der Waals surface area contributed by atoms with Crippen LogP contribution in [0.15, 0.2) is 18.2 Å². The molecule has 0 aromatic heterocycles. The van der Waals surface area contributed by atoms with Gasteiger partial charge in [-0.15, -0.1) is 0 Å². The highest BCUT2D eigenvalue weighted by molar-refractivity contribution is 5.89. The van der Waals surface area contributed by atoms with E-state index in [0.29, 0.717) is 0 Å². The van der Waals surface area contributed by atoms with Crippen LogP contribution >= 0.6 is 0 Å². The Morgan fingerprint density at radius 2 is 2.12 bits per heavy atom. The van der Waals surface area contributed by atoms with Gasteiger partial charge in [-0.2, -0.15) is 0 Å². The van der Waals surface area contributed by atoms with Gasteiger partial charge < -0.3 is 9.84 Å². The fourth-order valence-electron chi connectivity index (χ4n) is 1.61. The lowest BCUT2D eigenvalue weighted by atomic mass is 10.0. The number of aliphatic hydroxyl groups is 1. The first-order valence-corrected chi connectivity index (χ1v) is 5.66. The van der Waals surface area contributed by atoms with Crippen LogP contribution in [0.25, 0.3) is 0 Å². The number of esters is 1. The molecule has 0 aliphatic heterocycles. The molecule has 0 bridgehead atoms. The molecule has 0 spiro atoms. The lowest BCUT2D eigenvalue weighted by Crippen LogP contribution is -2.04. The summed E-state index contributed by atoms with van der Waals surface area (Å²) < 4.78 is 18.0. The first-order valence-electron chi connectivity index (χ1n) is 5.66. The number of aryl methyl sites for hydroxylation is 1. The van der Waals surface area contributed by atoms with Crippen LogP contribution in [-0.4, -0.2) is 24.8 Å². The number of hydrogen-bond acceptors (Lipinski definition) is 3. The maximum Gasteiger partial charge on any atom is 0.340 e. The van der Waals surface area contributed by atoms with Gasteiger partial charge in [0.25, 0.3) is 0 Å². The standard InChI is InChI=1S/C13H17FO3/c1-17-13(16)11-7-6-10(9-12(11)14)5-3-2-4-8-15/h6-7,9,15H,2-5,8H2,1H3. The Balaban J connectivity index is 2.59. The third-order valence-electron chi connectivity index (χ3n) is 2.56. The average Bonchev–Trinajstić information content (AvgIpc) is 2.34. The van der Waals surface area contributed by atoms with Crippen molar-refractivity contribution in [1.82, 2.24) is 0 Å². The zero-order chi connectivity index (χ0) is 12.7. The number of unbranched alkanes of at least 4 members (excludes halogenated alkanes) is 2. The minimum absolute atomic E-state index is 0.0355. The van der Waals surface area contributed by atoms with Gasteiger partial charge in [-0.05, 0) is 37.0 Å². The highest BCUT2D eigenvalue weighted by Crippen LogP contribution is 2.14. The minimum atomic E-state index is -0.658. The van der Waals surface area contributed by atoms with Gasteiger partial charge in [0.1, 0.15) is 5.82 Å². The molecular formula is C13H17FO3. The molecule has 0 fully saturated rings. The summed E-state index contributed by atoms with van der Waals surface area (Å²) in [4.78, 5) is 11.2. The van der Waals surface area contributed by atoms with Gasteiger partial charge >= 0.3 is 5.97 Å². The second-order valence-electron chi connectivity index (χ2n) is 3.84. The molecule has 0 atom stereocenters. The van der Waals surface area contributed by atoms with Crippen molar-refractivity contribution in [1.29, 1.82) is 0 Å². The van der Waals surface area contributed by atoms with Crippen molar-refractivity contribution in [3.8, 4) is 0 Å². The van der Waals surface area contributed by atoms with Gasteiger partial charge in [0.2, 0.25) is 0 Å². The Morgan fingerprint density at radius 1 is 1.35 bits per heavy atom. The number of methoxy groups -OCH3 is 1. The fraction of sp³-hybridized carbons (Fsp3) is 0.462. The molecule has 0 heterocycles. The Bertz CT molecular complexity index is 377. The van der Waals surface area contributed by atoms with Crippen molar-refractivity contribution in [2.75, 3.05) is 13.7 Å². The van der Waals surface area contributed by atoms with E-state index in [1.807, 2.05) is 0 Å². The number of carbonyl (C=O) groups excluding carboxylic acids is 1. The van der Waals surface area contributed by atoms with E-state index in [1.165, 1.54) is 19.2 Å². The monoisotopic (exact) mass is 240 g/mol. The SMILES string of the molecule is COC(=O)c1ccc(CCCCCO)cc1F. The molecule has 4 heteroatoms. The van der Waals surface area contributed by atoms with Crippen LogP contribution < -0.4 is 0 Å². The number of ether oxygens (including phenoxy) is 1. The number of halogens is 1. The Labute approximate surface area is 100 Å². The van der Waals surface area contributed by atoms with Crippen molar-refractivity contribution in [2.45, 2.75) is 25.7 Å². The molecule has 1 aromatic carbocycles. The number of carbonyl (C=O) groups is 1. The number of aliphatic hydroxyl groups excluding tert-OH is 1. The largest absolute Gasteiger partial charge is 0.465 e. The van der Waals surface area contributed by atoms with Crippen LogP contribution in [0.1, 0.15) is 35.2 Å². The quantitative estimate of drug-likeness (QED) is 0.613. The molecule has 3 nitrogen and oxygen atoms in total. The molecule has 1 rings (SSSR count). The van der Waals surface area contributed by atoms with Gasteiger partial charge in [0.05, 0.1) is 12.7 Å². The molecule has 0 aliphatic rings. The second-order valence-corrected chi connectivity index (χ2v) is 3.84. The van der Waals surface area contributed by atoms with Gasteiger partial charge in [-0.25, -0.2) is 9.18 Å². The van der Waals surface area contributed by atoms with E-state index in [4.69, 9.17) is 5.11 Å². The zero-order valence-corrected chi connectivity index (χ0v) is 9.91. The Kier molecular flexibility index (Phi) is 5.63. The summed E-state index contributed by atoms with van der Waals surface area (Å²) in [6.07, 6.45) is 3.33.